The van der Waals surface area contributed by atoms with E-state index in [1.165, 1.54) is 21.5 Å². The maximum absolute atomic E-state index is 6.10. The molecular formula is C18H10Cl2N2. The van der Waals surface area contributed by atoms with E-state index >= 15 is 0 Å². The van der Waals surface area contributed by atoms with Crippen LogP contribution in [0.15, 0.2) is 48.5 Å². The SMILES string of the molecule is Clc1ccc2c(c1)[nH]c1c2ccc2c3ccc(Cl)cc3[nH]c21. The first kappa shape index (κ1) is 12.4. The number of halogens is 2. The highest BCUT2D eigenvalue weighted by Crippen LogP contribution is 2.35. The number of hydrogen-bond donors (Lipinski definition) is 2. The summed E-state index contributed by atoms with van der Waals surface area (Å²) in [5.41, 5.74) is 4.29. The molecule has 0 amide bonds. The van der Waals surface area contributed by atoms with Gasteiger partial charge in [0, 0.05) is 42.6 Å². The highest BCUT2D eigenvalue weighted by atomic mass is 35.5. The van der Waals surface area contributed by atoms with E-state index in [9.17, 15) is 0 Å². The predicted octanol–water partition coefficient (Wildman–Crippen LogP) is 6.26. The maximum atomic E-state index is 6.10. The molecule has 0 unspecified atom stereocenters. The van der Waals surface area contributed by atoms with Crippen LogP contribution in [0.5, 0.6) is 0 Å². The number of rotatable bonds is 0. The highest BCUT2D eigenvalue weighted by Gasteiger charge is 2.12. The van der Waals surface area contributed by atoms with Crippen LogP contribution in [0.25, 0.3) is 43.6 Å². The van der Waals surface area contributed by atoms with Crippen LogP contribution in [-0.2, 0) is 0 Å². The van der Waals surface area contributed by atoms with E-state index < -0.39 is 0 Å². The molecule has 2 nitrogen and oxygen atoms in total. The van der Waals surface area contributed by atoms with Crippen LogP contribution >= 0.6 is 23.2 Å². The molecular weight excluding hydrogens is 315 g/mol. The Hall–Kier alpha value is -2.16. The molecule has 0 bridgehead atoms. The number of aromatic nitrogens is 2. The van der Waals surface area contributed by atoms with Crippen molar-refractivity contribution in [3.8, 4) is 0 Å². The van der Waals surface area contributed by atoms with Crippen LogP contribution in [0.3, 0.4) is 0 Å². The number of benzene rings is 3. The van der Waals surface area contributed by atoms with E-state index in [1.54, 1.807) is 0 Å². The minimum absolute atomic E-state index is 0.735. The smallest absolute Gasteiger partial charge is 0.0710 e. The first-order chi connectivity index (χ1) is 10.7. The van der Waals surface area contributed by atoms with Gasteiger partial charge in [0.15, 0.2) is 0 Å². The van der Waals surface area contributed by atoms with E-state index in [4.69, 9.17) is 23.2 Å². The Balaban J connectivity index is 2.02. The van der Waals surface area contributed by atoms with E-state index in [2.05, 4.69) is 34.2 Å². The highest BCUT2D eigenvalue weighted by molar-refractivity contribution is 6.32. The van der Waals surface area contributed by atoms with Crippen molar-refractivity contribution >= 4 is 66.8 Å². The molecule has 2 aromatic heterocycles. The van der Waals surface area contributed by atoms with Gasteiger partial charge < -0.3 is 9.97 Å². The Kier molecular flexibility index (Phi) is 2.36. The van der Waals surface area contributed by atoms with E-state index in [1.807, 2.05) is 24.3 Å². The Bertz CT molecular complexity index is 1100. The van der Waals surface area contributed by atoms with Crippen molar-refractivity contribution in [2.75, 3.05) is 0 Å². The number of H-pyrrole nitrogens is 2. The minimum atomic E-state index is 0.735. The Morgan fingerprint density at radius 1 is 0.545 bits per heavy atom. The van der Waals surface area contributed by atoms with Crippen LogP contribution < -0.4 is 0 Å². The Morgan fingerprint density at radius 3 is 1.41 bits per heavy atom. The zero-order chi connectivity index (χ0) is 14.8. The molecule has 2 heterocycles. The Labute approximate surface area is 135 Å². The average Bonchev–Trinajstić information content (AvgIpc) is 3.03. The first-order valence-electron chi connectivity index (χ1n) is 7.01. The topological polar surface area (TPSA) is 31.6 Å². The summed E-state index contributed by atoms with van der Waals surface area (Å²) < 4.78 is 0. The normalized spacial score (nSPS) is 12.1. The summed E-state index contributed by atoms with van der Waals surface area (Å²) >= 11 is 12.2. The molecule has 5 aromatic rings. The molecule has 22 heavy (non-hydrogen) atoms. The second-order valence-electron chi connectivity index (χ2n) is 5.54. The van der Waals surface area contributed by atoms with Crippen molar-refractivity contribution in [1.29, 1.82) is 0 Å². The van der Waals surface area contributed by atoms with E-state index in [0.29, 0.717) is 0 Å². The zero-order valence-electron chi connectivity index (χ0n) is 11.4. The third-order valence-corrected chi connectivity index (χ3v) is 4.74. The standard InChI is InChI=1S/C18H10Cl2N2/c19-9-1-3-11-13-5-6-14-12-4-2-10(20)8-16(12)22-18(14)17(13)21-15(11)7-9/h1-8,21-22H. The average molecular weight is 325 g/mol. The number of hydrogen-bond acceptors (Lipinski definition) is 0. The fourth-order valence-corrected chi connectivity index (χ4v) is 3.63. The van der Waals surface area contributed by atoms with Crippen LogP contribution in [-0.4, -0.2) is 9.97 Å². The fraction of sp³-hybridized carbons (Fsp3) is 0. The lowest BCUT2D eigenvalue weighted by atomic mass is 10.1. The number of nitrogens with one attached hydrogen (secondary N) is 2. The van der Waals surface area contributed by atoms with Gasteiger partial charge in [0.05, 0.1) is 11.0 Å². The van der Waals surface area contributed by atoms with Gasteiger partial charge in [0.1, 0.15) is 0 Å². The summed E-state index contributed by atoms with van der Waals surface area (Å²) in [5.74, 6) is 0. The van der Waals surface area contributed by atoms with Gasteiger partial charge in [0.25, 0.3) is 0 Å². The monoisotopic (exact) mass is 324 g/mol. The largest absolute Gasteiger partial charge is 0.353 e. The van der Waals surface area contributed by atoms with Crippen molar-refractivity contribution in [1.82, 2.24) is 9.97 Å². The lowest BCUT2D eigenvalue weighted by Gasteiger charge is -1.94. The summed E-state index contributed by atoms with van der Waals surface area (Å²) in [7, 11) is 0. The fourth-order valence-electron chi connectivity index (χ4n) is 3.29. The molecule has 3 aromatic carbocycles. The summed E-state index contributed by atoms with van der Waals surface area (Å²) in [4.78, 5) is 6.98. The zero-order valence-corrected chi connectivity index (χ0v) is 12.9. The molecule has 106 valence electrons. The van der Waals surface area contributed by atoms with Gasteiger partial charge in [-0.2, -0.15) is 0 Å². The molecule has 0 saturated carbocycles. The van der Waals surface area contributed by atoms with Crippen LogP contribution in [0.1, 0.15) is 0 Å². The lowest BCUT2D eigenvalue weighted by molar-refractivity contribution is 1.51. The summed E-state index contributed by atoms with van der Waals surface area (Å²) in [6.07, 6.45) is 0. The van der Waals surface area contributed by atoms with Crippen molar-refractivity contribution in [3.63, 3.8) is 0 Å². The van der Waals surface area contributed by atoms with Crippen LogP contribution in [0.2, 0.25) is 10.0 Å². The van der Waals surface area contributed by atoms with Gasteiger partial charge in [-0.15, -0.1) is 0 Å². The second kappa shape index (κ2) is 4.19. The molecule has 0 aliphatic heterocycles. The molecule has 0 aliphatic rings. The summed E-state index contributed by atoms with van der Waals surface area (Å²) in [6, 6.07) is 16.2. The molecule has 0 fully saturated rings. The van der Waals surface area contributed by atoms with E-state index in [-0.39, 0.29) is 0 Å². The molecule has 0 aliphatic carbocycles. The number of fused-ring (bicyclic) bond motifs is 7. The molecule has 0 saturated heterocycles. The summed E-state index contributed by atoms with van der Waals surface area (Å²) in [6.45, 7) is 0. The molecule has 4 heteroatoms. The van der Waals surface area contributed by atoms with Gasteiger partial charge in [0.2, 0.25) is 0 Å². The van der Waals surface area contributed by atoms with Gasteiger partial charge in [-0.05, 0) is 24.3 Å². The van der Waals surface area contributed by atoms with Crippen molar-refractivity contribution in [2.45, 2.75) is 0 Å². The van der Waals surface area contributed by atoms with Crippen LogP contribution in [0.4, 0.5) is 0 Å². The molecule has 5 rings (SSSR count). The molecule has 0 spiro atoms. The third kappa shape index (κ3) is 1.57. The van der Waals surface area contributed by atoms with Crippen molar-refractivity contribution < 1.29 is 0 Å². The maximum Gasteiger partial charge on any atom is 0.0710 e. The first-order valence-corrected chi connectivity index (χ1v) is 7.77. The van der Waals surface area contributed by atoms with Gasteiger partial charge >= 0.3 is 0 Å². The van der Waals surface area contributed by atoms with Gasteiger partial charge in [-0.1, -0.05) is 47.5 Å². The van der Waals surface area contributed by atoms with Crippen molar-refractivity contribution in [3.05, 3.63) is 58.6 Å². The summed E-state index contributed by atoms with van der Waals surface area (Å²) in [5, 5.41) is 6.21. The quantitative estimate of drug-likeness (QED) is 0.337. The van der Waals surface area contributed by atoms with Gasteiger partial charge in [-0.25, -0.2) is 0 Å². The van der Waals surface area contributed by atoms with Gasteiger partial charge in [-0.3, -0.25) is 0 Å². The Morgan fingerprint density at radius 2 is 0.955 bits per heavy atom. The third-order valence-electron chi connectivity index (χ3n) is 4.27. The second-order valence-corrected chi connectivity index (χ2v) is 6.41. The predicted molar refractivity (Wildman–Crippen MR) is 95.2 cm³/mol. The van der Waals surface area contributed by atoms with Crippen LogP contribution in [0, 0.1) is 0 Å². The van der Waals surface area contributed by atoms with Crippen molar-refractivity contribution in [2.24, 2.45) is 0 Å². The molecule has 0 radical (unpaired) electrons. The number of aromatic amines is 2. The minimum Gasteiger partial charge on any atom is -0.353 e. The molecule has 2 N–H and O–H groups in total. The molecule has 0 atom stereocenters. The van der Waals surface area contributed by atoms with E-state index in [0.717, 1.165) is 32.1 Å². The lowest BCUT2D eigenvalue weighted by Crippen LogP contribution is -1.72.